The van der Waals surface area contributed by atoms with E-state index in [1.807, 2.05) is 64.0 Å². The van der Waals surface area contributed by atoms with Gasteiger partial charge in [0.05, 0.1) is 24.3 Å². The molecule has 7 nitrogen and oxygen atoms in total. The molecule has 0 saturated carbocycles. The molecule has 0 bridgehead atoms. The first-order valence-corrected chi connectivity index (χ1v) is 11.7. The molecular formula is C27H34N2O5. The van der Waals surface area contributed by atoms with Crippen LogP contribution in [0.25, 0.3) is 5.76 Å². The fraction of sp³-hybridized carbons (Fsp3) is 0.407. The Morgan fingerprint density at radius 1 is 1.09 bits per heavy atom. The molecular weight excluding hydrogens is 432 g/mol. The molecule has 1 N–H and O–H groups in total. The predicted octanol–water partition coefficient (Wildman–Crippen LogP) is 4.25. The van der Waals surface area contributed by atoms with Crippen molar-refractivity contribution in [3.63, 3.8) is 0 Å². The SMILES string of the molecule is CCCOc1cccc([C@@H]2/C(=C(\O)c3ccc(OC(C)C)cc3)C(=O)C(=O)N2CCN(C)C)c1. The van der Waals surface area contributed by atoms with Gasteiger partial charge in [0.25, 0.3) is 11.7 Å². The molecule has 3 rings (SSSR count). The summed E-state index contributed by atoms with van der Waals surface area (Å²) in [5.41, 5.74) is 1.24. The number of likely N-dealkylation sites (N-methyl/N-ethyl adjacent to an activating group) is 1. The molecule has 1 aliphatic rings. The number of nitrogens with zero attached hydrogens (tertiary/aromatic N) is 2. The number of rotatable bonds is 10. The Hall–Kier alpha value is -3.32. The lowest BCUT2D eigenvalue weighted by Gasteiger charge is -2.27. The number of aliphatic hydroxyl groups excluding tert-OH is 1. The van der Waals surface area contributed by atoms with E-state index in [-0.39, 0.29) is 17.4 Å². The molecule has 1 fully saturated rings. The van der Waals surface area contributed by atoms with Crippen molar-refractivity contribution >= 4 is 17.4 Å². The van der Waals surface area contributed by atoms with Crippen LogP contribution in [0.2, 0.25) is 0 Å². The molecule has 0 aromatic heterocycles. The summed E-state index contributed by atoms with van der Waals surface area (Å²) in [6.45, 7) is 7.38. The number of ether oxygens (including phenoxy) is 2. The van der Waals surface area contributed by atoms with Gasteiger partial charge in [0.15, 0.2) is 0 Å². The van der Waals surface area contributed by atoms with Gasteiger partial charge in [-0.15, -0.1) is 0 Å². The van der Waals surface area contributed by atoms with Crippen molar-refractivity contribution in [3.8, 4) is 11.5 Å². The van der Waals surface area contributed by atoms with Crippen molar-refractivity contribution in [2.24, 2.45) is 0 Å². The highest BCUT2D eigenvalue weighted by Crippen LogP contribution is 2.40. The minimum atomic E-state index is -0.711. The second-order valence-electron chi connectivity index (χ2n) is 8.91. The average molecular weight is 467 g/mol. The first kappa shape index (κ1) is 25.3. The molecule has 7 heteroatoms. The summed E-state index contributed by atoms with van der Waals surface area (Å²) < 4.78 is 11.5. The molecule has 1 atom stereocenters. The number of Topliss-reactive ketones (excluding diaryl/α,β-unsaturated/α-hetero) is 1. The number of carbonyl (C=O) groups is 2. The smallest absolute Gasteiger partial charge is 0.295 e. The van der Waals surface area contributed by atoms with Gasteiger partial charge < -0.3 is 24.4 Å². The highest BCUT2D eigenvalue weighted by Gasteiger charge is 2.46. The first-order valence-electron chi connectivity index (χ1n) is 11.7. The molecule has 0 unspecified atom stereocenters. The Balaban J connectivity index is 2.07. The summed E-state index contributed by atoms with van der Waals surface area (Å²) in [7, 11) is 3.82. The molecule has 0 spiro atoms. The third-order valence-electron chi connectivity index (χ3n) is 5.47. The summed E-state index contributed by atoms with van der Waals surface area (Å²) >= 11 is 0. The maximum absolute atomic E-state index is 13.1. The topological polar surface area (TPSA) is 79.3 Å². The molecule has 1 amide bonds. The average Bonchev–Trinajstić information content (AvgIpc) is 3.06. The summed E-state index contributed by atoms with van der Waals surface area (Å²) in [5, 5.41) is 11.2. The van der Waals surface area contributed by atoms with E-state index >= 15 is 0 Å². The molecule has 1 saturated heterocycles. The van der Waals surface area contributed by atoms with Crippen LogP contribution in [-0.2, 0) is 9.59 Å². The quantitative estimate of drug-likeness (QED) is 0.320. The van der Waals surface area contributed by atoms with Crippen molar-refractivity contribution in [1.82, 2.24) is 9.80 Å². The Kier molecular flexibility index (Phi) is 8.34. The summed E-state index contributed by atoms with van der Waals surface area (Å²) in [4.78, 5) is 29.7. The largest absolute Gasteiger partial charge is 0.507 e. The number of likely N-dealkylation sites (tertiary alicyclic amines) is 1. The summed E-state index contributed by atoms with van der Waals surface area (Å²) in [6, 6.07) is 13.5. The monoisotopic (exact) mass is 466 g/mol. The molecule has 1 aliphatic heterocycles. The normalized spacial score (nSPS) is 17.6. The third-order valence-corrected chi connectivity index (χ3v) is 5.47. The maximum Gasteiger partial charge on any atom is 0.295 e. The molecule has 2 aromatic carbocycles. The third kappa shape index (κ3) is 5.78. The van der Waals surface area contributed by atoms with Gasteiger partial charge in [0.1, 0.15) is 17.3 Å². The van der Waals surface area contributed by atoms with Crippen LogP contribution in [0.4, 0.5) is 0 Å². The minimum Gasteiger partial charge on any atom is -0.507 e. The van der Waals surface area contributed by atoms with Crippen LogP contribution in [-0.4, -0.2) is 66.5 Å². The van der Waals surface area contributed by atoms with Crippen LogP contribution < -0.4 is 9.47 Å². The van der Waals surface area contributed by atoms with E-state index in [9.17, 15) is 14.7 Å². The van der Waals surface area contributed by atoms with E-state index in [1.165, 1.54) is 4.90 Å². The van der Waals surface area contributed by atoms with Crippen LogP contribution in [0.1, 0.15) is 44.4 Å². The number of carbonyl (C=O) groups excluding carboxylic acids is 2. The van der Waals surface area contributed by atoms with Crippen molar-refractivity contribution < 1.29 is 24.2 Å². The van der Waals surface area contributed by atoms with Crippen LogP contribution >= 0.6 is 0 Å². The second kappa shape index (κ2) is 11.2. The van der Waals surface area contributed by atoms with Gasteiger partial charge in [-0.3, -0.25) is 9.59 Å². The number of aliphatic hydroxyl groups is 1. The first-order chi connectivity index (χ1) is 16.2. The van der Waals surface area contributed by atoms with Crippen LogP contribution in [0.3, 0.4) is 0 Å². The molecule has 2 aromatic rings. The van der Waals surface area contributed by atoms with Gasteiger partial charge in [-0.2, -0.15) is 0 Å². The fourth-order valence-electron chi connectivity index (χ4n) is 3.88. The molecule has 34 heavy (non-hydrogen) atoms. The minimum absolute atomic E-state index is 0.0173. The van der Waals surface area contributed by atoms with E-state index < -0.39 is 17.7 Å². The number of hydrogen-bond donors (Lipinski definition) is 1. The standard InChI is InChI=1S/C27H34N2O5/c1-6-16-33-22-9-7-8-20(17-22)24-23(26(31)27(32)29(24)15-14-28(4)5)25(30)19-10-12-21(13-11-19)34-18(2)3/h7-13,17-18,24,30H,6,14-16H2,1-5H3/b25-23+/t24-/m1/s1. The van der Waals surface area contributed by atoms with E-state index in [2.05, 4.69) is 0 Å². The highest BCUT2D eigenvalue weighted by molar-refractivity contribution is 6.46. The lowest BCUT2D eigenvalue weighted by atomic mass is 9.95. The summed E-state index contributed by atoms with van der Waals surface area (Å²) in [6.07, 6.45) is 0.880. The van der Waals surface area contributed by atoms with Crippen molar-refractivity contribution in [2.75, 3.05) is 33.8 Å². The van der Waals surface area contributed by atoms with Crippen molar-refractivity contribution in [2.45, 2.75) is 39.3 Å². The number of benzene rings is 2. The zero-order valence-corrected chi connectivity index (χ0v) is 20.6. The van der Waals surface area contributed by atoms with Crippen molar-refractivity contribution in [3.05, 3.63) is 65.2 Å². The Morgan fingerprint density at radius 3 is 2.41 bits per heavy atom. The van der Waals surface area contributed by atoms with E-state index in [1.54, 1.807) is 24.3 Å². The van der Waals surface area contributed by atoms with Crippen LogP contribution in [0, 0.1) is 0 Å². The van der Waals surface area contributed by atoms with Gasteiger partial charge in [-0.25, -0.2) is 0 Å². The van der Waals surface area contributed by atoms with Gasteiger partial charge >= 0.3 is 0 Å². The number of ketones is 1. The Bertz CT molecular complexity index is 1040. The molecule has 1 heterocycles. The molecule has 182 valence electrons. The van der Waals surface area contributed by atoms with Gasteiger partial charge in [0, 0.05) is 18.7 Å². The molecule has 0 radical (unpaired) electrons. The molecule has 0 aliphatic carbocycles. The number of hydrogen-bond acceptors (Lipinski definition) is 6. The van der Waals surface area contributed by atoms with Crippen LogP contribution in [0.5, 0.6) is 11.5 Å². The lowest BCUT2D eigenvalue weighted by molar-refractivity contribution is -0.140. The van der Waals surface area contributed by atoms with Gasteiger partial charge in [-0.05, 0) is 76.3 Å². The fourth-order valence-corrected chi connectivity index (χ4v) is 3.88. The second-order valence-corrected chi connectivity index (χ2v) is 8.91. The zero-order valence-electron chi connectivity index (χ0n) is 20.6. The predicted molar refractivity (Wildman–Crippen MR) is 132 cm³/mol. The highest BCUT2D eigenvalue weighted by atomic mass is 16.5. The van der Waals surface area contributed by atoms with Gasteiger partial charge in [0.2, 0.25) is 0 Å². The number of amides is 1. The van der Waals surface area contributed by atoms with Gasteiger partial charge in [-0.1, -0.05) is 19.1 Å². The maximum atomic E-state index is 13.1. The Labute approximate surface area is 201 Å². The zero-order chi connectivity index (χ0) is 24.8. The van der Waals surface area contributed by atoms with E-state index in [0.717, 1.165) is 6.42 Å². The van der Waals surface area contributed by atoms with Crippen LogP contribution in [0.15, 0.2) is 54.1 Å². The van der Waals surface area contributed by atoms with Crippen molar-refractivity contribution in [1.29, 1.82) is 0 Å². The summed E-state index contributed by atoms with van der Waals surface area (Å²) in [5.74, 6) is -0.189. The van der Waals surface area contributed by atoms with E-state index in [4.69, 9.17) is 9.47 Å². The Morgan fingerprint density at radius 2 is 1.79 bits per heavy atom. The van der Waals surface area contributed by atoms with E-state index in [0.29, 0.717) is 42.3 Å². The lowest BCUT2D eigenvalue weighted by Crippen LogP contribution is -2.35.